The predicted octanol–water partition coefficient (Wildman–Crippen LogP) is 0.868. The van der Waals surface area contributed by atoms with Crippen LogP contribution in [0.3, 0.4) is 0 Å². The molecular formula is C9H13N3. The fraction of sp³-hybridized carbons (Fsp3) is 0.222. The topological polar surface area (TPSA) is 41.6 Å². The van der Waals surface area contributed by atoms with Crippen LogP contribution in [0.4, 0.5) is 0 Å². The number of hydrazone groups is 1. The summed E-state index contributed by atoms with van der Waals surface area (Å²) in [5, 5.41) is 5.76. The van der Waals surface area contributed by atoms with Gasteiger partial charge in [-0.1, -0.05) is 30.3 Å². The summed E-state index contributed by atoms with van der Waals surface area (Å²) >= 11 is 0. The first-order valence-electron chi connectivity index (χ1n) is 3.77. The molecule has 0 fully saturated rings. The lowest BCUT2D eigenvalue weighted by molar-refractivity contribution is 0.437. The molecule has 0 atom stereocenters. The predicted molar refractivity (Wildman–Crippen MR) is 50.9 cm³/mol. The van der Waals surface area contributed by atoms with Gasteiger partial charge < -0.3 is 10.7 Å². The van der Waals surface area contributed by atoms with E-state index >= 15 is 0 Å². The summed E-state index contributed by atoms with van der Waals surface area (Å²) < 4.78 is 0. The number of nitrogens with two attached hydrogens (primary N) is 1. The van der Waals surface area contributed by atoms with Crippen LogP contribution in [-0.2, 0) is 0 Å². The van der Waals surface area contributed by atoms with Gasteiger partial charge in [0.1, 0.15) is 0 Å². The largest absolute Gasteiger partial charge is 0.382 e. The van der Waals surface area contributed by atoms with Gasteiger partial charge in [-0.25, -0.2) is 0 Å². The van der Waals surface area contributed by atoms with Crippen molar-refractivity contribution >= 4 is 5.84 Å². The number of hydrogen-bond donors (Lipinski definition) is 1. The number of amidine groups is 1. The Hall–Kier alpha value is -1.51. The van der Waals surface area contributed by atoms with E-state index < -0.39 is 0 Å². The van der Waals surface area contributed by atoms with E-state index in [0.29, 0.717) is 5.84 Å². The SMILES string of the molecule is CN(C)N=C(N)c1ccccc1. The summed E-state index contributed by atoms with van der Waals surface area (Å²) in [6, 6.07) is 9.69. The molecule has 0 saturated heterocycles. The van der Waals surface area contributed by atoms with Crippen LogP contribution in [0.5, 0.6) is 0 Å². The number of benzene rings is 1. The van der Waals surface area contributed by atoms with Gasteiger partial charge in [-0.2, -0.15) is 5.10 Å². The monoisotopic (exact) mass is 163 g/mol. The quantitative estimate of drug-likeness (QED) is 0.399. The van der Waals surface area contributed by atoms with Crippen molar-refractivity contribution in [3.8, 4) is 0 Å². The zero-order valence-electron chi connectivity index (χ0n) is 7.36. The summed E-state index contributed by atoms with van der Waals surface area (Å²) in [5.41, 5.74) is 6.65. The maximum atomic E-state index is 5.70. The minimum absolute atomic E-state index is 0.542. The zero-order chi connectivity index (χ0) is 8.97. The third kappa shape index (κ3) is 2.27. The molecule has 0 aliphatic rings. The van der Waals surface area contributed by atoms with Crippen molar-refractivity contribution in [3.63, 3.8) is 0 Å². The summed E-state index contributed by atoms with van der Waals surface area (Å²) in [6.45, 7) is 0. The van der Waals surface area contributed by atoms with Crippen molar-refractivity contribution in [3.05, 3.63) is 35.9 Å². The van der Waals surface area contributed by atoms with Gasteiger partial charge in [-0.15, -0.1) is 0 Å². The van der Waals surface area contributed by atoms with Gasteiger partial charge in [0, 0.05) is 19.7 Å². The zero-order valence-corrected chi connectivity index (χ0v) is 7.36. The highest BCUT2D eigenvalue weighted by Gasteiger charge is 1.95. The Bertz CT molecular complexity index is 264. The van der Waals surface area contributed by atoms with Gasteiger partial charge in [-0.05, 0) is 0 Å². The van der Waals surface area contributed by atoms with Crippen LogP contribution in [0.25, 0.3) is 0 Å². The number of rotatable bonds is 2. The van der Waals surface area contributed by atoms with E-state index in [4.69, 9.17) is 5.73 Å². The average molecular weight is 163 g/mol. The highest BCUT2D eigenvalue weighted by Crippen LogP contribution is 1.97. The first-order valence-corrected chi connectivity index (χ1v) is 3.77. The molecule has 0 unspecified atom stereocenters. The lowest BCUT2D eigenvalue weighted by Gasteiger charge is -2.06. The minimum atomic E-state index is 0.542. The molecule has 0 heterocycles. The second kappa shape index (κ2) is 3.76. The number of nitrogens with zero attached hydrogens (tertiary/aromatic N) is 2. The third-order valence-corrected chi connectivity index (χ3v) is 1.38. The van der Waals surface area contributed by atoms with Gasteiger partial charge in [0.15, 0.2) is 5.84 Å². The van der Waals surface area contributed by atoms with Crippen molar-refractivity contribution < 1.29 is 0 Å². The van der Waals surface area contributed by atoms with Crippen LogP contribution in [0, 0.1) is 0 Å². The van der Waals surface area contributed by atoms with E-state index in [9.17, 15) is 0 Å². The van der Waals surface area contributed by atoms with E-state index in [2.05, 4.69) is 5.10 Å². The lowest BCUT2D eigenvalue weighted by atomic mass is 10.2. The van der Waals surface area contributed by atoms with E-state index in [1.165, 1.54) is 0 Å². The smallest absolute Gasteiger partial charge is 0.150 e. The fourth-order valence-corrected chi connectivity index (χ4v) is 0.882. The van der Waals surface area contributed by atoms with Crippen molar-refractivity contribution in [1.29, 1.82) is 0 Å². The Labute approximate surface area is 72.5 Å². The van der Waals surface area contributed by atoms with Gasteiger partial charge in [0.25, 0.3) is 0 Å². The molecule has 12 heavy (non-hydrogen) atoms. The Balaban J connectivity index is 2.85. The highest BCUT2D eigenvalue weighted by molar-refractivity contribution is 5.97. The molecule has 1 aromatic rings. The molecule has 3 heteroatoms. The summed E-state index contributed by atoms with van der Waals surface area (Å²) in [7, 11) is 3.69. The van der Waals surface area contributed by atoms with E-state index in [1.54, 1.807) is 5.01 Å². The molecule has 0 aliphatic heterocycles. The maximum Gasteiger partial charge on any atom is 0.150 e. The van der Waals surface area contributed by atoms with Crippen molar-refractivity contribution in [1.82, 2.24) is 5.01 Å². The van der Waals surface area contributed by atoms with Crippen molar-refractivity contribution in [2.45, 2.75) is 0 Å². The number of hydrogen-bond acceptors (Lipinski definition) is 2. The second-order valence-electron chi connectivity index (χ2n) is 2.70. The van der Waals surface area contributed by atoms with Gasteiger partial charge >= 0.3 is 0 Å². The van der Waals surface area contributed by atoms with Crippen LogP contribution < -0.4 is 5.73 Å². The molecule has 0 aliphatic carbocycles. The summed E-state index contributed by atoms with van der Waals surface area (Å²) in [4.78, 5) is 0. The first kappa shape index (κ1) is 8.59. The third-order valence-electron chi connectivity index (χ3n) is 1.38. The molecule has 1 rings (SSSR count). The van der Waals surface area contributed by atoms with Crippen LogP contribution in [0.15, 0.2) is 35.4 Å². The Morgan fingerprint density at radius 2 is 1.83 bits per heavy atom. The van der Waals surface area contributed by atoms with Crippen molar-refractivity contribution in [2.24, 2.45) is 10.8 Å². The standard InChI is InChI=1S/C9H13N3/c1-12(2)11-9(10)8-6-4-3-5-7-8/h3-7H,1-2H3,(H2,10,11). The lowest BCUT2D eigenvalue weighted by Crippen LogP contribution is -2.18. The molecule has 0 spiro atoms. The van der Waals surface area contributed by atoms with Crippen LogP contribution >= 0.6 is 0 Å². The molecule has 0 amide bonds. The van der Waals surface area contributed by atoms with E-state index in [-0.39, 0.29) is 0 Å². The molecule has 0 bridgehead atoms. The maximum absolute atomic E-state index is 5.70. The molecular weight excluding hydrogens is 150 g/mol. The molecule has 1 aromatic carbocycles. The molecule has 0 aromatic heterocycles. The Morgan fingerprint density at radius 1 is 1.25 bits per heavy atom. The first-order chi connectivity index (χ1) is 5.70. The van der Waals surface area contributed by atoms with Gasteiger partial charge in [0.05, 0.1) is 0 Å². The molecule has 3 nitrogen and oxygen atoms in total. The van der Waals surface area contributed by atoms with E-state index in [1.807, 2.05) is 44.4 Å². The fourth-order valence-electron chi connectivity index (χ4n) is 0.882. The Morgan fingerprint density at radius 3 is 2.33 bits per heavy atom. The van der Waals surface area contributed by atoms with Gasteiger partial charge in [-0.3, -0.25) is 0 Å². The normalized spacial score (nSPS) is 11.3. The minimum Gasteiger partial charge on any atom is -0.382 e. The molecule has 0 radical (unpaired) electrons. The average Bonchev–Trinajstić information content (AvgIpc) is 2.05. The second-order valence-corrected chi connectivity index (χ2v) is 2.70. The Kier molecular flexibility index (Phi) is 2.69. The summed E-state index contributed by atoms with van der Waals surface area (Å²) in [6.07, 6.45) is 0. The highest BCUT2D eigenvalue weighted by atomic mass is 15.4. The van der Waals surface area contributed by atoms with Crippen LogP contribution in [0.2, 0.25) is 0 Å². The van der Waals surface area contributed by atoms with Crippen LogP contribution in [-0.4, -0.2) is 24.9 Å². The molecule has 64 valence electrons. The molecule has 0 saturated carbocycles. The van der Waals surface area contributed by atoms with Crippen molar-refractivity contribution in [2.75, 3.05) is 14.1 Å². The van der Waals surface area contributed by atoms with E-state index in [0.717, 1.165) is 5.56 Å². The summed E-state index contributed by atoms with van der Waals surface area (Å²) in [5.74, 6) is 0.542. The molecule has 2 N–H and O–H groups in total. The van der Waals surface area contributed by atoms with Crippen LogP contribution in [0.1, 0.15) is 5.56 Å². The van der Waals surface area contributed by atoms with Gasteiger partial charge in [0.2, 0.25) is 0 Å².